The fraction of sp³-hybridized carbons (Fsp3) is 0.375. The maximum atomic E-state index is 4.70. The molecule has 1 N–H and O–H groups in total. The van der Waals surface area contributed by atoms with Gasteiger partial charge in [0.2, 0.25) is 0 Å². The van der Waals surface area contributed by atoms with Crippen molar-refractivity contribution in [2.45, 2.75) is 33.1 Å². The third kappa shape index (κ3) is 2.85. The molecule has 106 valence electrons. The molecular weight excluding hydrogens is 314 g/mol. The van der Waals surface area contributed by atoms with Crippen molar-refractivity contribution >= 4 is 21.7 Å². The highest BCUT2D eigenvalue weighted by Gasteiger charge is 2.27. The van der Waals surface area contributed by atoms with Crippen LogP contribution in [0.15, 0.2) is 34.8 Å². The molecule has 1 aromatic heterocycles. The molecule has 0 unspecified atom stereocenters. The van der Waals surface area contributed by atoms with Gasteiger partial charge in [-0.15, -0.1) is 0 Å². The van der Waals surface area contributed by atoms with Gasteiger partial charge in [0.15, 0.2) is 0 Å². The second kappa shape index (κ2) is 5.92. The third-order valence-corrected chi connectivity index (χ3v) is 4.36. The molecule has 20 heavy (non-hydrogen) atoms. The normalized spacial score (nSPS) is 11.4. The summed E-state index contributed by atoms with van der Waals surface area (Å²) in [6.07, 6.45) is 0. The van der Waals surface area contributed by atoms with E-state index >= 15 is 0 Å². The molecule has 0 saturated carbocycles. The summed E-state index contributed by atoms with van der Waals surface area (Å²) in [6, 6.07) is 10.4. The van der Waals surface area contributed by atoms with Crippen molar-refractivity contribution in [1.29, 1.82) is 0 Å². The lowest BCUT2D eigenvalue weighted by molar-refractivity contribution is 0.587. The highest BCUT2D eigenvalue weighted by molar-refractivity contribution is 9.10. The Kier molecular flexibility index (Phi) is 4.43. The lowest BCUT2D eigenvalue weighted by Gasteiger charge is -2.25. The van der Waals surface area contributed by atoms with E-state index in [1.54, 1.807) is 0 Å². The van der Waals surface area contributed by atoms with Gasteiger partial charge in [0, 0.05) is 12.0 Å². The SMILES string of the molecule is CCNc1nc(C(C)(C)c2ccccc2)nc(C)c1Br. The van der Waals surface area contributed by atoms with Gasteiger partial charge >= 0.3 is 0 Å². The van der Waals surface area contributed by atoms with Crippen LogP contribution in [0.25, 0.3) is 0 Å². The summed E-state index contributed by atoms with van der Waals surface area (Å²) in [7, 11) is 0. The van der Waals surface area contributed by atoms with Gasteiger partial charge in [-0.05, 0) is 49.2 Å². The zero-order valence-corrected chi connectivity index (χ0v) is 14.0. The monoisotopic (exact) mass is 333 g/mol. The van der Waals surface area contributed by atoms with Gasteiger partial charge in [0.05, 0.1) is 10.2 Å². The highest BCUT2D eigenvalue weighted by Crippen LogP contribution is 2.32. The van der Waals surface area contributed by atoms with Crippen LogP contribution in [0.3, 0.4) is 0 Å². The lowest BCUT2D eigenvalue weighted by atomic mass is 9.83. The van der Waals surface area contributed by atoms with Crippen molar-refractivity contribution in [3.63, 3.8) is 0 Å². The van der Waals surface area contributed by atoms with E-state index in [1.165, 1.54) is 5.56 Å². The molecule has 2 aromatic rings. The predicted octanol–water partition coefficient (Wildman–Crippen LogP) is 4.31. The molecule has 3 nitrogen and oxygen atoms in total. The highest BCUT2D eigenvalue weighted by atomic mass is 79.9. The predicted molar refractivity (Wildman–Crippen MR) is 87.2 cm³/mol. The molecule has 0 aliphatic carbocycles. The van der Waals surface area contributed by atoms with Crippen molar-refractivity contribution in [3.8, 4) is 0 Å². The Bertz CT molecular complexity index is 594. The smallest absolute Gasteiger partial charge is 0.144 e. The summed E-state index contributed by atoms with van der Waals surface area (Å²) in [5, 5.41) is 3.28. The molecule has 0 aliphatic rings. The molecule has 2 rings (SSSR count). The van der Waals surface area contributed by atoms with Gasteiger partial charge in [-0.25, -0.2) is 9.97 Å². The van der Waals surface area contributed by atoms with E-state index in [4.69, 9.17) is 4.98 Å². The Labute approximate surface area is 129 Å². The number of aryl methyl sites for hydroxylation is 1. The number of anilines is 1. The van der Waals surface area contributed by atoms with Crippen LogP contribution in [0.2, 0.25) is 0 Å². The fourth-order valence-electron chi connectivity index (χ4n) is 2.11. The van der Waals surface area contributed by atoms with Gasteiger partial charge < -0.3 is 5.32 Å². The molecule has 0 amide bonds. The molecule has 0 atom stereocenters. The minimum Gasteiger partial charge on any atom is -0.369 e. The molecular formula is C16H20BrN3. The number of aromatic nitrogens is 2. The van der Waals surface area contributed by atoms with Gasteiger partial charge in [-0.1, -0.05) is 30.3 Å². The van der Waals surface area contributed by atoms with Crippen LogP contribution in [0.5, 0.6) is 0 Å². The van der Waals surface area contributed by atoms with Crippen LogP contribution in [0, 0.1) is 6.92 Å². The first-order valence-corrected chi connectivity index (χ1v) is 7.60. The molecule has 0 aliphatic heterocycles. The molecule has 0 spiro atoms. The summed E-state index contributed by atoms with van der Waals surface area (Å²) in [4.78, 5) is 9.37. The second-order valence-corrected chi connectivity index (χ2v) is 6.11. The van der Waals surface area contributed by atoms with E-state index in [1.807, 2.05) is 25.1 Å². The first-order chi connectivity index (χ1) is 9.46. The lowest BCUT2D eigenvalue weighted by Crippen LogP contribution is -2.23. The zero-order chi connectivity index (χ0) is 14.8. The van der Waals surface area contributed by atoms with Gasteiger partial charge in [0.25, 0.3) is 0 Å². The quantitative estimate of drug-likeness (QED) is 0.906. The number of rotatable bonds is 4. The molecule has 0 bridgehead atoms. The number of nitrogens with zero attached hydrogens (tertiary/aromatic N) is 2. The summed E-state index contributed by atoms with van der Waals surface area (Å²) in [5.41, 5.74) is 1.94. The van der Waals surface area contributed by atoms with Crippen LogP contribution in [-0.2, 0) is 5.41 Å². The van der Waals surface area contributed by atoms with Crippen molar-refractivity contribution < 1.29 is 0 Å². The zero-order valence-electron chi connectivity index (χ0n) is 12.4. The molecule has 4 heteroatoms. The first-order valence-electron chi connectivity index (χ1n) is 6.80. The van der Waals surface area contributed by atoms with E-state index < -0.39 is 0 Å². The van der Waals surface area contributed by atoms with E-state index in [-0.39, 0.29) is 5.41 Å². The molecule has 0 fully saturated rings. The Hall–Kier alpha value is -1.42. The Morgan fingerprint density at radius 2 is 1.80 bits per heavy atom. The molecule has 0 saturated heterocycles. The molecule has 1 aromatic carbocycles. The third-order valence-electron chi connectivity index (χ3n) is 3.42. The number of hydrogen-bond acceptors (Lipinski definition) is 3. The number of nitrogens with one attached hydrogen (secondary N) is 1. The van der Waals surface area contributed by atoms with Crippen LogP contribution < -0.4 is 5.32 Å². The minimum absolute atomic E-state index is 0.225. The van der Waals surface area contributed by atoms with Gasteiger partial charge in [-0.3, -0.25) is 0 Å². The Morgan fingerprint density at radius 3 is 2.40 bits per heavy atom. The standard InChI is InChI=1S/C16H20BrN3/c1-5-18-14-13(17)11(2)19-15(20-14)16(3,4)12-9-7-6-8-10-12/h6-10H,5H2,1-4H3,(H,18,19,20). The van der Waals surface area contributed by atoms with Gasteiger partial charge in [0.1, 0.15) is 11.6 Å². The van der Waals surface area contributed by atoms with Crippen molar-refractivity contribution in [2.24, 2.45) is 0 Å². The molecule has 0 radical (unpaired) electrons. The van der Waals surface area contributed by atoms with Crippen LogP contribution in [0.4, 0.5) is 5.82 Å². The maximum absolute atomic E-state index is 4.70. The average molecular weight is 334 g/mol. The molecule has 1 heterocycles. The Balaban J connectivity index is 2.52. The number of hydrogen-bond donors (Lipinski definition) is 1. The summed E-state index contributed by atoms with van der Waals surface area (Å²) >= 11 is 3.55. The van der Waals surface area contributed by atoms with E-state index in [0.717, 1.165) is 28.4 Å². The Morgan fingerprint density at radius 1 is 1.15 bits per heavy atom. The van der Waals surface area contributed by atoms with Crippen molar-refractivity contribution in [2.75, 3.05) is 11.9 Å². The maximum Gasteiger partial charge on any atom is 0.144 e. The number of halogens is 1. The summed E-state index contributed by atoms with van der Waals surface area (Å²) < 4.78 is 0.937. The van der Waals surface area contributed by atoms with Gasteiger partial charge in [-0.2, -0.15) is 0 Å². The van der Waals surface area contributed by atoms with Crippen molar-refractivity contribution in [3.05, 3.63) is 51.9 Å². The van der Waals surface area contributed by atoms with Crippen molar-refractivity contribution in [1.82, 2.24) is 9.97 Å². The fourth-order valence-corrected chi connectivity index (χ4v) is 2.42. The summed E-state index contributed by atoms with van der Waals surface area (Å²) in [5.74, 6) is 1.69. The number of benzene rings is 1. The van der Waals surface area contributed by atoms with E-state index in [9.17, 15) is 0 Å². The van der Waals surface area contributed by atoms with E-state index in [2.05, 4.69) is 59.1 Å². The average Bonchev–Trinajstić information content (AvgIpc) is 2.44. The topological polar surface area (TPSA) is 37.8 Å². The largest absolute Gasteiger partial charge is 0.369 e. The minimum atomic E-state index is -0.225. The van der Waals surface area contributed by atoms with Crippen LogP contribution in [-0.4, -0.2) is 16.5 Å². The summed E-state index contributed by atoms with van der Waals surface area (Å²) in [6.45, 7) is 9.20. The first kappa shape index (κ1) is 15.0. The van der Waals surface area contributed by atoms with E-state index in [0.29, 0.717) is 0 Å². The van der Waals surface area contributed by atoms with Crippen LogP contribution in [0.1, 0.15) is 37.9 Å². The second-order valence-electron chi connectivity index (χ2n) is 5.32. The van der Waals surface area contributed by atoms with Crippen LogP contribution >= 0.6 is 15.9 Å².